The smallest absolute Gasteiger partial charge is 0.220 e. The van der Waals surface area contributed by atoms with E-state index >= 15 is 0 Å². The van der Waals surface area contributed by atoms with E-state index in [2.05, 4.69) is 27.2 Å². The van der Waals surface area contributed by atoms with E-state index in [0.29, 0.717) is 18.0 Å². The SMILES string of the molecule is COc1ccc(N2CCC(N3C[C@@H]4CC(=O)N[C@@H]4C3)CC2)cc1. The van der Waals surface area contributed by atoms with E-state index in [0.717, 1.165) is 38.3 Å². The fraction of sp³-hybridized carbons (Fsp3) is 0.611. The van der Waals surface area contributed by atoms with Crippen LogP contribution in [0.4, 0.5) is 5.69 Å². The summed E-state index contributed by atoms with van der Waals surface area (Å²) in [6.45, 7) is 4.35. The molecule has 0 unspecified atom stereocenters. The number of likely N-dealkylation sites (tertiary alicyclic amines) is 1. The first kappa shape index (κ1) is 14.8. The minimum atomic E-state index is 0.244. The lowest BCUT2D eigenvalue weighted by Crippen LogP contribution is -2.45. The van der Waals surface area contributed by atoms with Gasteiger partial charge in [-0.1, -0.05) is 0 Å². The van der Waals surface area contributed by atoms with Crippen molar-refractivity contribution < 1.29 is 9.53 Å². The molecule has 124 valence electrons. The molecule has 3 aliphatic heterocycles. The standard InChI is InChI=1S/C18H25N3O2/c1-23-16-4-2-14(3-5-16)20-8-6-15(7-9-20)21-11-13-10-18(22)19-17(13)12-21/h2-5,13,15,17H,6-12H2,1H3,(H,19,22)/t13-,17+/m0/s1. The maximum Gasteiger partial charge on any atom is 0.220 e. The van der Waals surface area contributed by atoms with E-state index < -0.39 is 0 Å². The van der Waals surface area contributed by atoms with Crippen LogP contribution >= 0.6 is 0 Å². The summed E-state index contributed by atoms with van der Waals surface area (Å²) in [6, 6.07) is 9.44. The Morgan fingerprint density at radius 3 is 2.52 bits per heavy atom. The molecular formula is C18H25N3O2. The van der Waals surface area contributed by atoms with Crippen molar-refractivity contribution in [1.29, 1.82) is 0 Å². The van der Waals surface area contributed by atoms with Crippen LogP contribution in [0.15, 0.2) is 24.3 Å². The van der Waals surface area contributed by atoms with Gasteiger partial charge in [0.05, 0.1) is 7.11 Å². The lowest BCUT2D eigenvalue weighted by Gasteiger charge is -2.38. The molecule has 3 fully saturated rings. The monoisotopic (exact) mass is 315 g/mol. The van der Waals surface area contributed by atoms with Gasteiger partial charge in [-0.05, 0) is 37.1 Å². The van der Waals surface area contributed by atoms with Crippen molar-refractivity contribution in [3.63, 3.8) is 0 Å². The van der Waals surface area contributed by atoms with Crippen molar-refractivity contribution in [2.45, 2.75) is 31.3 Å². The number of anilines is 1. The first-order valence-electron chi connectivity index (χ1n) is 8.65. The number of fused-ring (bicyclic) bond motifs is 1. The van der Waals surface area contributed by atoms with Crippen molar-refractivity contribution in [3.8, 4) is 5.75 Å². The molecule has 1 aromatic rings. The number of carbonyl (C=O) groups excluding carboxylic acids is 1. The quantitative estimate of drug-likeness (QED) is 0.918. The lowest BCUT2D eigenvalue weighted by atomic mass is 10.0. The van der Waals surface area contributed by atoms with Crippen LogP contribution in [0.5, 0.6) is 5.75 Å². The molecule has 0 bridgehead atoms. The summed E-state index contributed by atoms with van der Waals surface area (Å²) < 4.78 is 5.23. The number of amides is 1. The summed E-state index contributed by atoms with van der Waals surface area (Å²) >= 11 is 0. The van der Waals surface area contributed by atoms with E-state index in [9.17, 15) is 4.79 Å². The largest absolute Gasteiger partial charge is 0.497 e. The van der Waals surface area contributed by atoms with Gasteiger partial charge in [-0.2, -0.15) is 0 Å². The molecular weight excluding hydrogens is 290 g/mol. The number of hydrogen-bond acceptors (Lipinski definition) is 4. The van der Waals surface area contributed by atoms with Gasteiger partial charge in [0.1, 0.15) is 5.75 Å². The summed E-state index contributed by atoms with van der Waals surface area (Å²) in [5.41, 5.74) is 1.29. The highest BCUT2D eigenvalue weighted by atomic mass is 16.5. The second kappa shape index (κ2) is 6.04. The topological polar surface area (TPSA) is 44.8 Å². The zero-order valence-corrected chi connectivity index (χ0v) is 13.7. The molecule has 1 aromatic carbocycles. The Morgan fingerprint density at radius 2 is 1.87 bits per heavy atom. The van der Waals surface area contributed by atoms with E-state index in [1.807, 2.05) is 12.1 Å². The van der Waals surface area contributed by atoms with Gasteiger partial charge in [0, 0.05) is 56.3 Å². The average Bonchev–Trinajstić information content (AvgIpc) is 3.12. The third-order valence-electron chi connectivity index (χ3n) is 5.68. The number of benzene rings is 1. The highest BCUT2D eigenvalue weighted by Gasteiger charge is 2.42. The van der Waals surface area contributed by atoms with Gasteiger partial charge in [-0.3, -0.25) is 9.69 Å². The third kappa shape index (κ3) is 2.90. The fourth-order valence-electron chi connectivity index (χ4n) is 4.36. The van der Waals surface area contributed by atoms with E-state index in [1.54, 1.807) is 7.11 Å². The van der Waals surface area contributed by atoms with Crippen LogP contribution in [0.25, 0.3) is 0 Å². The molecule has 5 heteroatoms. The minimum absolute atomic E-state index is 0.244. The Bertz CT molecular complexity index is 550. The van der Waals surface area contributed by atoms with Gasteiger partial charge in [-0.25, -0.2) is 0 Å². The predicted molar refractivity (Wildman–Crippen MR) is 89.8 cm³/mol. The number of hydrogen-bond donors (Lipinski definition) is 1. The number of methoxy groups -OCH3 is 1. The van der Waals surface area contributed by atoms with Crippen LogP contribution < -0.4 is 15.0 Å². The van der Waals surface area contributed by atoms with Crippen LogP contribution in [0.3, 0.4) is 0 Å². The zero-order valence-electron chi connectivity index (χ0n) is 13.7. The van der Waals surface area contributed by atoms with E-state index in [1.165, 1.54) is 18.5 Å². The molecule has 0 aromatic heterocycles. The first-order chi connectivity index (χ1) is 11.2. The Hall–Kier alpha value is -1.75. The molecule has 0 radical (unpaired) electrons. The zero-order chi connectivity index (χ0) is 15.8. The molecule has 4 rings (SSSR count). The van der Waals surface area contributed by atoms with Crippen LogP contribution in [0.1, 0.15) is 19.3 Å². The van der Waals surface area contributed by atoms with Gasteiger partial charge in [0.2, 0.25) is 5.91 Å². The van der Waals surface area contributed by atoms with Crippen LogP contribution in [0.2, 0.25) is 0 Å². The number of nitrogens with one attached hydrogen (secondary N) is 1. The second-order valence-electron chi connectivity index (χ2n) is 7.01. The number of ether oxygens (including phenoxy) is 1. The van der Waals surface area contributed by atoms with Crippen LogP contribution in [-0.4, -0.2) is 56.2 Å². The Morgan fingerprint density at radius 1 is 1.13 bits per heavy atom. The molecule has 0 spiro atoms. The Kier molecular flexibility index (Phi) is 3.89. The molecule has 0 aliphatic carbocycles. The fourth-order valence-corrected chi connectivity index (χ4v) is 4.36. The van der Waals surface area contributed by atoms with E-state index in [-0.39, 0.29) is 5.91 Å². The van der Waals surface area contributed by atoms with Crippen molar-refractivity contribution >= 4 is 11.6 Å². The number of nitrogens with zero attached hydrogens (tertiary/aromatic N) is 2. The molecule has 3 heterocycles. The number of piperidine rings is 1. The summed E-state index contributed by atoms with van der Waals surface area (Å²) in [5.74, 6) is 1.70. The van der Waals surface area contributed by atoms with Crippen molar-refractivity contribution in [3.05, 3.63) is 24.3 Å². The van der Waals surface area contributed by atoms with Gasteiger partial charge in [-0.15, -0.1) is 0 Å². The highest BCUT2D eigenvalue weighted by Crippen LogP contribution is 2.31. The Labute approximate surface area is 137 Å². The van der Waals surface area contributed by atoms with Gasteiger partial charge in [0.25, 0.3) is 0 Å². The summed E-state index contributed by atoms with van der Waals surface area (Å²) in [6.07, 6.45) is 3.14. The summed E-state index contributed by atoms with van der Waals surface area (Å²) in [5, 5.41) is 3.13. The lowest BCUT2D eigenvalue weighted by molar-refractivity contribution is -0.119. The van der Waals surface area contributed by atoms with Gasteiger partial charge in [0.15, 0.2) is 0 Å². The number of carbonyl (C=O) groups is 1. The summed E-state index contributed by atoms with van der Waals surface area (Å²) in [4.78, 5) is 16.5. The second-order valence-corrected chi connectivity index (χ2v) is 7.01. The maximum atomic E-state index is 11.4. The van der Waals surface area contributed by atoms with Crippen molar-refractivity contribution in [1.82, 2.24) is 10.2 Å². The molecule has 2 atom stereocenters. The third-order valence-corrected chi connectivity index (χ3v) is 5.68. The molecule has 0 saturated carbocycles. The minimum Gasteiger partial charge on any atom is -0.497 e. The molecule has 3 aliphatic rings. The van der Waals surface area contributed by atoms with E-state index in [4.69, 9.17) is 4.74 Å². The highest BCUT2D eigenvalue weighted by molar-refractivity contribution is 5.79. The molecule has 1 N–H and O–H groups in total. The van der Waals surface area contributed by atoms with Gasteiger partial charge >= 0.3 is 0 Å². The van der Waals surface area contributed by atoms with Crippen molar-refractivity contribution in [2.24, 2.45) is 5.92 Å². The molecule has 23 heavy (non-hydrogen) atoms. The van der Waals surface area contributed by atoms with Gasteiger partial charge < -0.3 is 15.0 Å². The summed E-state index contributed by atoms with van der Waals surface area (Å²) in [7, 11) is 1.70. The number of rotatable bonds is 3. The van der Waals surface area contributed by atoms with Crippen LogP contribution in [0, 0.1) is 5.92 Å². The first-order valence-corrected chi connectivity index (χ1v) is 8.65. The molecule has 5 nitrogen and oxygen atoms in total. The molecule has 1 amide bonds. The Balaban J connectivity index is 1.32. The maximum absolute atomic E-state index is 11.4. The normalized spacial score (nSPS) is 28.7. The predicted octanol–water partition coefficient (Wildman–Crippen LogP) is 1.48. The molecule has 3 saturated heterocycles. The van der Waals surface area contributed by atoms with Crippen molar-refractivity contribution in [2.75, 3.05) is 38.2 Å². The van der Waals surface area contributed by atoms with Crippen LogP contribution in [-0.2, 0) is 4.79 Å². The average molecular weight is 315 g/mol.